The number of rotatable bonds is 8. The van der Waals surface area contributed by atoms with Crippen LogP contribution in [0.3, 0.4) is 0 Å². The Morgan fingerprint density at radius 2 is 1.33 bits per heavy atom. The number of nitrogens with zero attached hydrogens (tertiary/aromatic N) is 1. The first-order chi connectivity index (χ1) is 17.9. The number of halogens is 3. The van der Waals surface area contributed by atoms with E-state index in [-0.39, 0.29) is 43.2 Å². The fraction of sp³-hybridized carbons (Fsp3) is 0.400. The van der Waals surface area contributed by atoms with Crippen molar-refractivity contribution >= 4 is 13.2 Å². The normalized spacial score (nSPS) is 14.6. The van der Waals surface area contributed by atoms with Crippen molar-refractivity contribution in [1.82, 2.24) is 0 Å². The quantitative estimate of drug-likeness (QED) is 0.177. The number of ether oxygens (including phenoxy) is 2. The number of hydrogen-bond acceptors (Lipinski definition) is 4. The average molecular weight is 709 g/mol. The molecule has 4 rings (SSSR count). The van der Waals surface area contributed by atoms with Gasteiger partial charge >= 0.3 is 7.48 Å². The van der Waals surface area contributed by atoms with E-state index in [4.69, 9.17) is 14.1 Å². The van der Waals surface area contributed by atoms with Gasteiger partial charge in [-0.2, -0.15) is 12.1 Å². The van der Waals surface area contributed by atoms with Gasteiger partial charge in [0.1, 0.15) is 11.5 Å². The fourth-order valence-electron chi connectivity index (χ4n) is 3.74. The van der Waals surface area contributed by atoms with Crippen LogP contribution < -0.4 is 14.4 Å². The summed E-state index contributed by atoms with van der Waals surface area (Å²) in [5.74, 6) is 0.778. The van der Waals surface area contributed by atoms with Crippen molar-refractivity contribution in [3.63, 3.8) is 0 Å². The largest absolute Gasteiger partial charge is 0.497 e. The van der Waals surface area contributed by atoms with E-state index in [1.54, 1.807) is 19.1 Å². The van der Waals surface area contributed by atoms with E-state index < -0.39 is 17.8 Å². The zero-order chi connectivity index (χ0) is 28.1. The van der Waals surface area contributed by atoms with Crippen LogP contribution in [0.1, 0.15) is 56.4 Å². The molecule has 0 aromatic heterocycles. The molecule has 1 aliphatic rings. The summed E-state index contributed by atoms with van der Waals surface area (Å²) in [6.07, 6.45) is -2.77. The smallest absolute Gasteiger partial charge is 0.302 e. The SMILES string of the molecule is CC1(C)[B]OC1(C)C.COc1ccc(CN(Cc2ccc(OC)cc2)c2c[c-]c(C(F)F)c(C)c2F)cc1.[W]. The van der Waals surface area contributed by atoms with Gasteiger partial charge in [-0.1, -0.05) is 50.6 Å². The molecular weight excluding hydrogens is 674 g/mol. The molecule has 4 nitrogen and oxygen atoms in total. The van der Waals surface area contributed by atoms with Gasteiger partial charge in [-0.15, -0.1) is 5.56 Å². The third kappa shape index (κ3) is 8.05. The van der Waals surface area contributed by atoms with Gasteiger partial charge in [-0.05, 0) is 60.2 Å². The molecule has 0 saturated carbocycles. The molecule has 0 unspecified atom stereocenters. The first-order valence-corrected chi connectivity index (χ1v) is 12.4. The number of anilines is 1. The monoisotopic (exact) mass is 709 g/mol. The van der Waals surface area contributed by atoms with Gasteiger partial charge in [0, 0.05) is 45.6 Å². The number of alkyl halides is 2. The summed E-state index contributed by atoms with van der Waals surface area (Å²) in [4.78, 5) is 1.80. The summed E-state index contributed by atoms with van der Waals surface area (Å²) < 4.78 is 56.9. The zero-order valence-corrected chi connectivity index (χ0v) is 26.4. The van der Waals surface area contributed by atoms with Crippen molar-refractivity contribution in [3.8, 4) is 11.5 Å². The number of hydrogen-bond donors (Lipinski definition) is 0. The Bertz CT molecular complexity index is 1140. The van der Waals surface area contributed by atoms with E-state index in [1.165, 1.54) is 13.0 Å². The van der Waals surface area contributed by atoms with Crippen LogP contribution in [-0.4, -0.2) is 27.3 Å². The zero-order valence-electron chi connectivity index (χ0n) is 23.5. The van der Waals surface area contributed by atoms with Crippen LogP contribution in [0.2, 0.25) is 5.31 Å². The molecule has 3 aromatic carbocycles. The van der Waals surface area contributed by atoms with Crippen molar-refractivity contribution in [2.75, 3.05) is 19.1 Å². The molecule has 1 radical (unpaired) electrons. The summed E-state index contributed by atoms with van der Waals surface area (Å²) in [5.41, 5.74) is 1.65. The average Bonchev–Trinajstić information content (AvgIpc) is 2.90. The molecule has 0 N–H and O–H groups in total. The molecule has 0 spiro atoms. The van der Waals surface area contributed by atoms with Crippen molar-refractivity contribution < 1.29 is 48.4 Å². The van der Waals surface area contributed by atoms with Gasteiger partial charge < -0.3 is 19.0 Å². The van der Waals surface area contributed by atoms with Gasteiger partial charge in [-0.25, -0.2) is 13.2 Å². The molecule has 3 aromatic rings. The topological polar surface area (TPSA) is 30.9 Å². The molecule has 1 aliphatic heterocycles. The van der Waals surface area contributed by atoms with Crippen LogP contribution >= 0.6 is 0 Å². The van der Waals surface area contributed by atoms with Gasteiger partial charge in [-0.3, -0.25) is 0 Å². The van der Waals surface area contributed by atoms with E-state index in [0.29, 0.717) is 13.1 Å². The first-order valence-electron chi connectivity index (χ1n) is 12.4. The molecule has 1 fully saturated rings. The van der Waals surface area contributed by atoms with Gasteiger partial charge in [0.15, 0.2) is 0 Å². The first kappa shape index (κ1) is 32.8. The van der Waals surface area contributed by atoms with Crippen LogP contribution in [0.5, 0.6) is 11.5 Å². The minimum Gasteiger partial charge on any atom is -0.497 e. The van der Waals surface area contributed by atoms with Gasteiger partial charge in [0.2, 0.25) is 6.43 Å². The Balaban J connectivity index is 0.000000508. The minimum atomic E-state index is -2.77. The van der Waals surface area contributed by atoms with E-state index in [0.717, 1.165) is 22.6 Å². The Morgan fingerprint density at radius 3 is 1.64 bits per heavy atom. The Morgan fingerprint density at radius 1 is 0.897 bits per heavy atom. The second-order valence-corrected chi connectivity index (χ2v) is 10.3. The van der Waals surface area contributed by atoms with Crippen LogP contribution in [0, 0.1) is 18.8 Å². The van der Waals surface area contributed by atoms with Gasteiger partial charge in [0.25, 0.3) is 0 Å². The third-order valence-electron chi connectivity index (χ3n) is 7.15. The number of benzene rings is 3. The van der Waals surface area contributed by atoms with Crippen LogP contribution in [0.15, 0.2) is 54.6 Å². The minimum absolute atomic E-state index is 0. The summed E-state index contributed by atoms with van der Waals surface area (Å²) in [6, 6.07) is 18.7. The number of methoxy groups -OCH3 is 2. The third-order valence-corrected chi connectivity index (χ3v) is 7.15. The molecule has 1 heterocycles. The van der Waals surface area contributed by atoms with Gasteiger partial charge in [0.05, 0.1) is 14.2 Å². The molecule has 0 amide bonds. The summed E-state index contributed by atoms with van der Waals surface area (Å²) in [5, 5.41) is 0.271. The molecule has 39 heavy (non-hydrogen) atoms. The fourth-order valence-corrected chi connectivity index (χ4v) is 3.74. The molecule has 0 atom stereocenters. The molecule has 0 bridgehead atoms. The molecule has 9 heteroatoms. The maximum Gasteiger partial charge on any atom is 0.302 e. The van der Waals surface area contributed by atoms with Crippen LogP contribution in [-0.2, 0) is 38.8 Å². The Kier molecular flexibility index (Phi) is 11.6. The van der Waals surface area contributed by atoms with Crippen molar-refractivity contribution in [1.29, 1.82) is 0 Å². The maximum atomic E-state index is 15.1. The van der Waals surface area contributed by atoms with E-state index in [1.807, 2.05) is 56.0 Å². The van der Waals surface area contributed by atoms with E-state index in [2.05, 4.69) is 33.8 Å². The molecular formula is C30H35BF3NO3W-. The van der Waals surface area contributed by atoms with Crippen molar-refractivity contribution in [2.45, 2.75) is 65.0 Å². The van der Waals surface area contributed by atoms with Crippen LogP contribution in [0.25, 0.3) is 0 Å². The van der Waals surface area contributed by atoms with Crippen LogP contribution in [0.4, 0.5) is 18.9 Å². The molecule has 1 saturated heterocycles. The van der Waals surface area contributed by atoms with Crippen molar-refractivity contribution in [3.05, 3.63) is 88.7 Å². The second kappa shape index (κ2) is 13.8. The predicted molar refractivity (Wildman–Crippen MR) is 146 cm³/mol. The predicted octanol–water partition coefficient (Wildman–Crippen LogP) is 7.71. The standard InChI is InChI=1S/C24H23F3NO2.C6H12BO.W/c1-16-21(24(26)27)12-13-22(23(16)25)28(14-17-4-8-19(29-2)9-5-17)15-18-6-10-20(30-3)11-7-18;1-5(2)6(3,4)8-7-5;/h4-11,13,24H,14-15H2,1-3H3;1-4H3;/q-1;;. The molecule has 209 valence electrons. The summed E-state index contributed by atoms with van der Waals surface area (Å²) >= 11 is 0. The summed E-state index contributed by atoms with van der Waals surface area (Å²) in [7, 11) is 5.07. The summed E-state index contributed by atoms with van der Waals surface area (Å²) in [6.45, 7) is 10.7. The van der Waals surface area contributed by atoms with E-state index >= 15 is 4.39 Å². The van der Waals surface area contributed by atoms with Crippen molar-refractivity contribution in [2.24, 2.45) is 0 Å². The van der Waals surface area contributed by atoms with E-state index in [9.17, 15) is 8.78 Å². The second-order valence-electron chi connectivity index (χ2n) is 10.3. The maximum absolute atomic E-state index is 15.1. The molecule has 0 aliphatic carbocycles. The Hall–Kier alpha value is -2.44. The Labute approximate surface area is 245 Å².